The van der Waals surface area contributed by atoms with E-state index in [1.807, 2.05) is 30.5 Å². The van der Waals surface area contributed by atoms with Gasteiger partial charge in [-0.1, -0.05) is 41.9 Å². The smallest absolute Gasteiger partial charge is 0.0457 e. The van der Waals surface area contributed by atoms with Gasteiger partial charge in [-0.2, -0.15) is 0 Å². The molecule has 0 saturated heterocycles. The number of nitrogens with two attached hydrogens (primary N) is 1. The second-order valence-electron chi connectivity index (χ2n) is 4.41. The maximum atomic E-state index is 6.23. The van der Waals surface area contributed by atoms with Crippen molar-refractivity contribution in [2.75, 3.05) is 0 Å². The number of pyridine rings is 1. The fourth-order valence-electron chi connectivity index (χ4n) is 2.25. The summed E-state index contributed by atoms with van der Waals surface area (Å²) >= 11 is 6.23. The van der Waals surface area contributed by atoms with Crippen LogP contribution in [0.15, 0.2) is 54.9 Å². The third-order valence-corrected chi connectivity index (χ3v) is 3.62. The molecule has 1 aromatic heterocycles. The molecule has 0 saturated carbocycles. The van der Waals surface area contributed by atoms with E-state index in [9.17, 15) is 0 Å². The molecule has 2 aromatic carbocycles. The average molecular weight is 269 g/mol. The Hall–Kier alpha value is -1.90. The summed E-state index contributed by atoms with van der Waals surface area (Å²) in [6.45, 7) is 0.455. The van der Waals surface area contributed by atoms with Crippen molar-refractivity contribution >= 4 is 22.4 Å². The van der Waals surface area contributed by atoms with Crippen LogP contribution >= 0.6 is 11.6 Å². The van der Waals surface area contributed by atoms with E-state index >= 15 is 0 Å². The highest BCUT2D eigenvalue weighted by Crippen LogP contribution is 2.30. The van der Waals surface area contributed by atoms with Crippen molar-refractivity contribution in [1.82, 2.24) is 4.98 Å². The van der Waals surface area contributed by atoms with Crippen molar-refractivity contribution in [3.8, 4) is 11.1 Å². The van der Waals surface area contributed by atoms with Gasteiger partial charge in [-0.3, -0.25) is 4.98 Å². The van der Waals surface area contributed by atoms with Gasteiger partial charge in [0, 0.05) is 29.3 Å². The molecule has 19 heavy (non-hydrogen) atoms. The predicted molar refractivity (Wildman–Crippen MR) is 80.1 cm³/mol. The van der Waals surface area contributed by atoms with E-state index in [1.165, 1.54) is 5.39 Å². The number of nitrogens with zero attached hydrogens (tertiary/aromatic N) is 1. The molecule has 0 atom stereocenters. The lowest BCUT2D eigenvalue weighted by Gasteiger charge is -2.08. The van der Waals surface area contributed by atoms with E-state index in [-0.39, 0.29) is 0 Å². The maximum absolute atomic E-state index is 6.23. The molecule has 0 unspecified atom stereocenters. The lowest BCUT2D eigenvalue weighted by atomic mass is 9.99. The van der Waals surface area contributed by atoms with Gasteiger partial charge in [0.2, 0.25) is 0 Å². The summed E-state index contributed by atoms with van der Waals surface area (Å²) in [6.07, 6.45) is 3.69. The molecular weight excluding hydrogens is 256 g/mol. The van der Waals surface area contributed by atoms with Gasteiger partial charge < -0.3 is 5.73 Å². The third kappa shape index (κ3) is 2.21. The Morgan fingerprint density at radius 2 is 2.00 bits per heavy atom. The van der Waals surface area contributed by atoms with Crippen LogP contribution in [-0.4, -0.2) is 4.98 Å². The SMILES string of the molecule is NCc1ccc(-c2cccc3ccncc23)cc1Cl. The zero-order valence-corrected chi connectivity index (χ0v) is 11.1. The van der Waals surface area contributed by atoms with Crippen LogP contribution in [0.1, 0.15) is 5.56 Å². The molecule has 3 heteroatoms. The second-order valence-corrected chi connectivity index (χ2v) is 4.82. The van der Waals surface area contributed by atoms with E-state index in [1.54, 1.807) is 6.20 Å². The van der Waals surface area contributed by atoms with Crippen LogP contribution in [0.4, 0.5) is 0 Å². The van der Waals surface area contributed by atoms with Gasteiger partial charge >= 0.3 is 0 Å². The van der Waals surface area contributed by atoms with Crippen molar-refractivity contribution < 1.29 is 0 Å². The van der Waals surface area contributed by atoms with Crippen LogP contribution in [0.3, 0.4) is 0 Å². The molecule has 0 aliphatic carbocycles. The lowest BCUT2D eigenvalue weighted by molar-refractivity contribution is 1.07. The summed E-state index contributed by atoms with van der Waals surface area (Å²) in [5.41, 5.74) is 8.82. The Balaban J connectivity index is 2.22. The number of aromatic nitrogens is 1. The summed E-state index contributed by atoms with van der Waals surface area (Å²) in [5.74, 6) is 0. The summed E-state index contributed by atoms with van der Waals surface area (Å²) in [7, 11) is 0. The van der Waals surface area contributed by atoms with Crippen LogP contribution < -0.4 is 5.73 Å². The molecular formula is C16H13ClN2. The Morgan fingerprint density at radius 1 is 1.11 bits per heavy atom. The van der Waals surface area contributed by atoms with Crippen LogP contribution in [0.2, 0.25) is 5.02 Å². The molecule has 2 N–H and O–H groups in total. The predicted octanol–water partition coefficient (Wildman–Crippen LogP) is 4.01. The number of hydrogen-bond acceptors (Lipinski definition) is 2. The third-order valence-electron chi connectivity index (χ3n) is 3.27. The highest BCUT2D eigenvalue weighted by Gasteiger charge is 2.06. The minimum absolute atomic E-state index is 0.455. The van der Waals surface area contributed by atoms with Crippen LogP contribution in [-0.2, 0) is 6.54 Å². The molecule has 0 aliphatic heterocycles. The van der Waals surface area contributed by atoms with Gasteiger partial charge in [-0.25, -0.2) is 0 Å². The van der Waals surface area contributed by atoms with Gasteiger partial charge in [-0.15, -0.1) is 0 Å². The molecule has 0 amide bonds. The topological polar surface area (TPSA) is 38.9 Å². The number of benzene rings is 2. The standard InChI is InChI=1S/C16H13ClN2/c17-16-8-12(4-5-13(16)9-18)14-3-1-2-11-6-7-19-10-15(11)14/h1-8,10H,9,18H2. The first kappa shape index (κ1) is 12.2. The summed E-state index contributed by atoms with van der Waals surface area (Å²) < 4.78 is 0. The molecule has 94 valence electrons. The fraction of sp³-hybridized carbons (Fsp3) is 0.0625. The zero-order chi connectivity index (χ0) is 13.2. The van der Waals surface area contributed by atoms with Crippen molar-refractivity contribution in [2.24, 2.45) is 5.73 Å². The van der Waals surface area contributed by atoms with E-state index in [4.69, 9.17) is 17.3 Å². The fourth-order valence-corrected chi connectivity index (χ4v) is 2.50. The Kier molecular flexibility index (Phi) is 3.20. The van der Waals surface area contributed by atoms with Gasteiger partial charge in [0.1, 0.15) is 0 Å². The Morgan fingerprint density at radius 3 is 2.79 bits per heavy atom. The minimum atomic E-state index is 0.455. The molecule has 0 bridgehead atoms. The highest BCUT2D eigenvalue weighted by molar-refractivity contribution is 6.31. The first-order valence-corrected chi connectivity index (χ1v) is 6.49. The van der Waals surface area contributed by atoms with Crippen molar-refractivity contribution in [2.45, 2.75) is 6.54 Å². The monoisotopic (exact) mass is 268 g/mol. The molecule has 3 aromatic rings. The van der Waals surface area contributed by atoms with Crippen molar-refractivity contribution in [3.63, 3.8) is 0 Å². The summed E-state index contributed by atoms with van der Waals surface area (Å²) in [4.78, 5) is 4.20. The van der Waals surface area contributed by atoms with E-state index in [0.717, 1.165) is 22.1 Å². The largest absolute Gasteiger partial charge is 0.326 e. The molecule has 2 nitrogen and oxygen atoms in total. The first-order valence-electron chi connectivity index (χ1n) is 6.11. The van der Waals surface area contributed by atoms with Crippen molar-refractivity contribution in [3.05, 3.63) is 65.4 Å². The number of halogens is 1. The Bertz CT molecular complexity index is 732. The summed E-state index contributed by atoms with van der Waals surface area (Å²) in [5, 5.41) is 3.01. The maximum Gasteiger partial charge on any atom is 0.0457 e. The molecule has 0 fully saturated rings. The summed E-state index contributed by atoms with van der Waals surface area (Å²) in [6, 6.07) is 14.2. The first-order chi connectivity index (χ1) is 9.29. The van der Waals surface area contributed by atoms with E-state index in [0.29, 0.717) is 11.6 Å². The Labute approximate surface area is 116 Å². The van der Waals surface area contributed by atoms with Crippen LogP contribution in [0.5, 0.6) is 0 Å². The van der Waals surface area contributed by atoms with Gasteiger partial charge in [0.05, 0.1) is 0 Å². The molecule has 0 radical (unpaired) electrons. The van der Waals surface area contributed by atoms with Crippen LogP contribution in [0, 0.1) is 0 Å². The van der Waals surface area contributed by atoms with E-state index in [2.05, 4.69) is 23.2 Å². The van der Waals surface area contributed by atoms with Crippen molar-refractivity contribution in [1.29, 1.82) is 0 Å². The molecule has 0 aliphatic rings. The number of hydrogen-bond donors (Lipinski definition) is 1. The normalized spacial score (nSPS) is 10.8. The average Bonchev–Trinajstić information content (AvgIpc) is 2.46. The number of fused-ring (bicyclic) bond motifs is 1. The quantitative estimate of drug-likeness (QED) is 0.763. The molecule has 0 spiro atoms. The van der Waals surface area contributed by atoms with E-state index < -0.39 is 0 Å². The van der Waals surface area contributed by atoms with Crippen LogP contribution in [0.25, 0.3) is 21.9 Å². The zero-order valence-electron chi connectivity index (χ0n) is 10.3. The second kappa shape index (κ2) is 5.00. The molecule has 1 heterocycles. The minimum Gasteiger partial charge on any atom is -0.326 e. The highest BCUT2D eigenvalue weighted by atomic mass is 35.5. The lowest BCUT2D eigenvalue weighted by Crippen LogP contribution is -1.97. The number of rotatable bonds is 2. The molecule has 3 rings (SSSR count). The van der Waals surface area contributed by atoms with Gasteiger partial charge in [-0.05, 0) is 34.2 Å². The van der Waals surface area contributed by atoms with Gasteiger partial charge in [0.25, 0.3) is 0 Å². The van der Waals surface area contributed by atoms with Gasteiger partial charge in [0.15, 0.2) is 0 Å².